The number of hydrogen-bond donors (Lipinski definition) is 0. The average Bonchev–Trinajstić information content (AvgIpc) is 2.62. The number of rotatable bonds is 3. The molecule has 122 valence electrons. The molecule has 0 spiro atoms. The van der Waals surface area contributed by atoms with Crippen LogP contribution < -0.4 is 9.80 Å². The summed E-state index contributed by atoms with van der Waals surface area (Å²) in [4.78, 5) is 14.7. The lowest BCUT2D eigenvalue weighted by molar-refractivity contribution is -0.384. The van der Waals surface area contributed by atoms with Gasteiger partial charge in [-0.25, -0.2) is 0 Å². The Morgan fingerprint density at radius 3 is 2.25 bits per heavy atom. The Labute approximate surface area is 144 Å². The Bertz CT molecular complexity index is 793. The van der Waals surface area contributed by atoms with E-state index < -0.39 is 4.92 Å². The molecule has 7 heteroatoms. The fourth-order valence-electron chi connectivity index (χ4n) is 2.86. The van der Waals surface area contributed by atoms with Crippen LogP contribution in [0.15, 0.2) is 42.5 Å². The van der Waals surface area contributed by atoms with E-state index in [4.69, 9.17) is 11.6 Å². The van der Waals surface area contributed by atoms with Crippen molar-refractivity contribution in [1.29, 1.82) is 5.26 Å². The van der Waals surface area contributed by atoms with Crippen molar-refractivity contribution in [1.82, 2.24) is 0 Å². The highest BCUT2D eigenvalue weighted by Crippen LogP contribution is 2.27. The second kappa shape index (κ2) is 6.77. The minimum atomic E-state index is -0.483. The molecule has 0 N–H and O–H groups in total. The zero-order valence-electron chi connectivity index (χ0n) is 12.9. The Morgan fingerprint density at radius 2 is 1.67 bits per heavy atom. The van der Waals surface area contributed by atoms with Crippen LogP contribution in [0.2, 0.25) is 5.02 Å². The molecule has 2 aromatic carbocycles. The van der Waals surface area contributed by atoms with Crippen molar-refractivity contribution in [3.8, 4) is 6.07 Å². The van der Waals surface area contributed by atoms with Gasteiger partial charge in [-0.3, -0.25) is 10.1 Å². The molecule has 0 unspecified atom stereocenters. The summed E-state index contributed by atoms with van der Waals surface area (Å²) < 4.78 is 0. The molecule has 6 nitrogen and oxygen atoms in total. The largest absolute Gasteiger partial charge is 0.368 e. The second-order valence-electron chi connectivity index (χ2n) is 5.52. The van der Waals surface area contributed by atoms with Crippen LogP contribution in [0, 0.1) is 21.4 Å². The van der Waals surface area contributed by atoms with Gasteiger partial charge in [0.15, 0.2) is 0 Å². The van der Waals surface area contributed by atoms with Gasteiger partial charge in [-0.2, -0.15) is 5.26 Å². The number of halogens is 1. The van der Waals surface area contributed by atoms with E-state index in [1.807, 2.05) is 24.3 Å². The zero-order chi connectivity index (χ0) is 17.1. The summed E-state index contributed by atoms with van der Waals surface area (Å²) in [5.41, 5.74) is 2.14. The highest BCUT2D eigenvalue weighted by molar-refractivity contribution is 6.30. The third-order valence-corrected chi connectivity index (χ3v) is 4.38. The van der Waals surface area contributed by atoms with E-state index in [1.165, 1.54) is 12.1 Å². The van der Waals surface area contributed by atoms with Crippen molar-refractivity contribution in [2.45, 2.75) is 0 Å². The molecule has 1 saturated heterocycles. The van der Waals surface area contributed by atoms with Gasteiger partial charge in [0.1, 0.15) is 6.07 Å². The monoisotopic (exact) mass is 342 g/mol. The number of nitrogens with zero attached hydrogens (tertiary/aromatic N) is 4. The Hall–Kier alpha value is -2.78. The second-order valence-corrected chi connectivity index (χ2v) is 5.96. The Morgan fingerprint density at radius 1 is 1.04 bits per heavy atom. The normalized spacial score (nSPS) is 14.3. The SMILES string of the molecule is N#Cc1cc([N+](=O)[O-])ccc1N1CCN(c2ccc(Cl)cc2)CC1. The predicted molar refractivity (Wildman–Crippen MR) is 93.7 cm³/mol. The Balaban J connectivity index is 1.74. The van der Waals surface area contributed by atoms with Crippen LogP contribution in [0.1, 0.15) is 5.56 Å². The van der Waals surface area contributed by atoms with Crippen LogP contribution in [0.5, 0.6) is 0 Å². The third kappa shape index (κ3) is 3.26. The lowest BCUT2D eigenvalue weighted by Gasteiger charge is -2.37. The molecule has 1 aliphatic rings. The van der Waals surface area contributed by atoms with Gasteiger partial charge < -0.3 is 9.80 Å². The van der Waals surface area contributed by atoms with Gasteiger partial charge in [-0.15, -0.1) is 0 Å². The molecule has 1 aliphatic heterocycles. The first kappa shape index (κ1) is 16.1. The molecule has 0 bridgehead atoms. The molecule has 0 atom stereocenters. The molecule has 1 heterocycles. The van der Waals surface area contributed by atoms with Crippen molar-refractivity contribution >= 4 is 28.7 Å². The van der Waals surface area contributed by atoms with Crippen molar-refractivity contribution in [3.63, 3.8) is 0 Å². The van der Waals surface area contributed by atoms with Crippen LogP contribution >= 0.6 is 11.6 Å². The molecule has 1 fully saturated rings. The van der Waals surface area contributed by atoms with Crippen LogP contribution in [-0.4, -0.2) is 31.1 Å². The van der Waals surface area contributed by atoms with Gasteiger partial charge >= 0.3 is 0 Å². The molecular weight excluding hydrogens is 328 g/mol. The van der Waals surface area contributed by atoms with E-state index in [1.54, 1.807) is 6.07 Å². The smallest absolute Gasteiger partial charge is 0.270 e. The first-order valence-electron chi connectivity index (χ1n) is 7.52. The molecule has 0 aromatic heterocycles. The van der Waals surface area contributed by atoms with E-state index in [9.17, 15) is 15.4 Å². The van der Waals surface area contributed by atoms with Crippen molar-refractivity contribution in [3.05, 3.63) is 63.2 Å². The maximum absolute atomic E-state index is 10.8. The Kier molecular flexibility index (Phi) is 4.54. The van der Waals surface area contributed by atoms with Gasteiger partial charge in [0.2, 0.25) is 0 Å². The summed E-state index contributed by atoms with van der Waals surface area (Å²) in [5, 5.41) is 20.8. The first-order chi connectivity index (χ1) is 11.6. The van der Waals surface area contributed by atoms with Crippen LogP contribution in [0.3, 0.4) is 0 Å². The minimum absolute atomic E-state index is 0.0601. The molecule has 0 amide bonds. The summed E-state index contributed by atoms with van der Waals surface area (Å²) in [6.07, 6.45) is 0. The van der Waals surface area contributed by atoms with E-state index in [0.29, 0.717) is 10.6 Å². The standard InChI is InChI=1S/C17H15ClN4O2/c18-14-1-3-15(4-2-14)20-7-9-21(10-8-20)17-6-5-16(22(23)24)11-13(17)12-19/h1-6,11H,7-10H2. The molecule has 3 rings (SSSR count). The maximum atomic E-state index is 10.8. The molecule has 0 saturated carbocycles. The fraction of sp³-hybridized carbons (Fsp3) is 0.235. The lowest BCUT2D eigenvalue weighted by Crippen LogP contribution is -2.46. The number of nitro benzene ring substituents is 1. The summed E-state index contributed by atoms with van der Waals surface area (Å²) in [7, 11) is 0. The van der Waals surface area contributed by atoms with Crippen molar-refractivity contribution in [2.24, 2.45) is 0 Å². The third-order valence-electron chi connectivity index (χ3n) is 4.12. The number of anilines is 2. The molecular formula is C17H15ClN4O2. The van der Waals surface area contributed by atoms with E-state index >= 15 is 0 Å². The van der Waals surface area contributed by atoms with E-state index in [-0.39, 0.29) is 5.69 Å². The number of benzene rings is 2. The number of hydrogen-bond acceptors (Lipinski definition) is 5. The fourth-order valence-corrected chi connectivity index (χ4v) is 2.99. The van der Waals surface area contributed by atoms with Gasteiger partial charge in [-0.05, 0) is 30.3 Å². The average molecular weight is 343 g/mol. The van der Waals surface area contributed by atoms with E-state index in [0.717, 1.165) is 37.6 Å². The van der Waals surface area contributed by atoms with Crippen molar-refractivity contribution < 1.29 is 4.92 Å². The van der Waals surface area contributed by atoms with Gasteiger partial charge in [-0.1, -0.05) is 11.6 Å². The van der Waals surface area contributed by atoms with Gasteiger partial charge in [0.05, 0.1) is 16.2 Å². The number of nitriles is 1. The summed E-state index contributed by atoms with van der Waals surface area (Å²) in [6, 6.07) is 14.2. The zero-order valence-corrected chi connectivity index (χ0v) is 13.6. The number of non-ortho nitro benzene ring substituents is 1. The van der Waals surface area contributed by atoms with Crippen LogP contribution in [0.25, 0.3) is 0 Å². The van der Waals surface area contributed by atoms with Gasteiger partial charge in [0, 0.05) is 49.0 Å². The molecule has 0 aliphatic carbocycles. The van der Waals surface area contributed by atoms with E-state index in [2.05, 4.69) is 15.9 Å². The van der Waals surface area contributed by atoms with Crippen molar-refractivity contribution in [2.75, 3.05) is 36.0 Å². The topological polar surface area (TPSA) is 73.4 Å². The summed E-state index contributed by atoms with van der Waals surface area (Å²) >= 11 is 5.92. The van der Waals surface area contributed by atoms with Crippen LogP contribution in [-0.2, 0) is 0 Å². The summed E-state index contributed by atoms with van der Waals surface area (Å²) in [6.45, 7) is 3.11. The van der Waals surface area contributed by atoms with Crippen LogP contribution in [0.4, 0.5) is 17.1 Å². The minimum Gasteiger partial charge on any atom is -0.368 e. The number of nitro groups is 1. The predicted octanol–water partition coefficient (Wildman–Crippen LogP) is 3.45. The molecule has 24 heavy (non-hydrogen) atoms. The van der Waals surface area contributed by atoms with Gasteiger partial charge in [0.25, 0.3) is 5.69 Å². The quantitative estimate of drug-likeness (QED) is 0.631. The molecule has 2 aromatic rings. The lowest BCUT2D eigenvalue weighted by atomic mass is 10.1. The molecule has 0 radical (unpaired) electrons. The first-order valence-corrected chi connectivity index (χ1v) is 7.90. The maximum Gasteiger partial charge on any atom is 0.270 e. The number of piperazine rings is 1. The highest BCUT2D eigenvalue weighted by atomic mass is 35.5. The highest BCUT2D eigenvalue weighted by Gasteiger charge is 2.21. The summed E-state index contributed by atoms with van der Waals surface area (Å²) in [5.74, 6) is 0.